The minimum Gasteiger partial charge on any atom is -0.348 e. The van der Waals surface area contributed by atoms with Crippen LogP contribution in [0, 0.1) is 0 Å². The molecule has 1 aliphatic carbocycles. The van der Waals surface area contributed by atoms with Crippen LogP contribution in [0.15, 0.2) is 41.1 Å². The molecule has 0 radical (unpaired) electrons. The van der Waals surface area contributed by atoms with Crippen LogP contribution in [0.2, 0.25) is 0 Å². The summed E-state index contributed by atoms with van der Waals surface area (Å²) in [4.78, 5) is 20.7. The molecule has 0 atom stereocenters. The zero-order valence-electron chi connectivity index (χ0n) is 12.8. The summed E-state index contributed by atoms with van der Waals surface area (Å²) in [5.74, 6) is 0.473. The Morgan fingerprint density at radius 3 is 2.43 bits per heavy atom. The lowest BCUT2D eigenvalue weighted by Gasteiger charge is -2.22. The molecule has 1 amide bonds. The monoisotopic (exact) mass is 374 g/mol. The molecule has 1 aromatic heterocycles. The van der Waals surface area contributed by atoms with Crippen LogP contribution in [0.5, 0.6) is 0 Å². The number of nitrogens with one attached hydrogen (secondary N) is 2. The van der Waals surface area contributed by atoms with Crippen LogP contribution >= 0.6 is 15.9 Å². The fourth-order valence-electron chi connectivity index (χ4n) is 2.70. The zero-order valence-corrected chi connectivity index (χ0v) is 14.3. The van der Waals surface area contributed by atoms with Crippen LogP contribution in [0.3, 0.4) is 0 Å². The van der Waals surface area contributed by atoms with Crippen molar-refractivity contribution in [2.75, 3.05) is 5.32 Å². The van der Waals surface area contributed by atoms with Crippen LogP contribution in [-0.2, 0) is 0 Å². The van der Waals surface area contributed by atoms with Crippen molar-refractivity contribution in [2.45, 2.75) is 38.1 Å². The molecule has 23 heavy (non-hydrogen) atoms. The number of rotatable bonds is 4. The maximum atomic E-state index is 12.2. The average molecular weight is 375 g/mol. The normalized spacial score (nSPS) is 15.2. The topological polar surface area (TPSA) is 66.9 Å². The van der Waals surface area contributed by atoms with E-state index in [1.165, 1.54) is 25.5 Å². The molecule has 1 heterocycles. The molecule has 0 bridgehead atoms. The van der Waals surface area contributed by atoms with Crippen molar-refractivity contribution in [3.63, 3.8) is 0 Å². The standard InChI is InChI=1S/C17H19BrN4O/c18-12-6-8-14(9-7-12)21-16-11-19-15(10-20-16)17(23)22-13-4-2-1-3-5-13/h6-11,13H,1-5H2,(H,20,21)(H,22,23). The lowest BCUT2D eigenvalue weighted by Crippen LogP contribution is -2.36. The predicted octanol–water partition coefficient (Wildman–Crippen LogP) is 4.05. The van der Waals surface area contributed by atoms with Crippen LogP contribution in [0.4, 0.5) is 11.5 Å². The molecule has 120 valence electrons. The summed E-state index contributed by atoms with van der Waals surface area (Å²) in [7, 11) is 0. The van der Waals surface area contributed by atoms with Gasteiger partial charge >= 0.3 is 0 Å². The van der Waals surface area contributed by atoms with E-state index < -0.39 is 0 Å². The minimum atomic E-state index is -0.139. The number of carbonyl (C=O) groups is 1. The van der Waals surface area contributed by atoms with Crippen molar-refractivity contribution in [3.8, 4) is 0 Å². The first-order chi connectivity index (χ1) is 11.2. The van der Waals surface area contributed by atoms with E-state index in [0.717, 1.165) is 23.0 Å². The molecule has 3 rings (SSSR count). The second kappa shape index (κ2) is 7.55. The molecule has 5 nitrogen and oxygen atoms in total. The van der Waals surface area contributed by atoms with Gasteiger partial charge < -0.3 is 10.6 Å². The van der Waals surface area contributed by atoms with Crippen molar-refractivity contribution >= 4 is 33.3 Å². The first kappa shape index (κ1) is 15.9. The molecule has 0 aliphatic heterocycles. The van der Waals surface area contributed by atoms with E-state index in [4.69, 9.17) is 0 Å². The lowest BCUT2D eigenvalue weighted by atomic mass is 9.95. The first-order valence-electron chi connectivity index (χ1n) is 7.86. The summed E-state index contributed by atoms with van der Waals surface area (Å²) < 4.78 is 1.02. The smallest absolute Gasteiger partial charge is 0.271 e. The zero-order chi connectivity index (χ0) is 16.1. The van der Waals surface area contributed by atoms with E-state index in [1.54, 1.807) is 6.20 Å². The van der Waals surface area contributed by atoms with E-state index in [-0.39, 0.29) is 11.9 Å². The highest BCUT2D eigenvalue weighted by molar-refractivity contribution is 9.10. The van der Waals surface area contributed by atoms with E-state index >= 15 is 0 Å². The highest BCUT2D eigenvalue weighted by Crippen LogP contribution is 2.19. The van der Waals surface area contributed by atoms with Crippen LogP contribution in [0.1, 0.15) is 42.6 Å². The molecule has 0 saturated heterocycles. The molecule has 1 fully saturated rings. The number of hydrogen-bond donors (Lipinski definition) is 2. The van der Waals surface area contributed by atoms with Gasteiger partial charge in [0.25, 0.3) is 5.91 Å². The first-order valence-corrected chi connectivity index (χ1v) is 8.65. The number of hydrogen-bond acceptors (Lipinski definition) is 4. The maximum absolute atomic E-state index is 12.2. The number of halogens is 1. The van der Waals surface area contributed by atoms with Crippen molar-refractivity contribution in [1.82, 2.24) is 15.3 Å². The number of carbonyl (C=O) groups excluding carboxylic acids is 1. The third kappa shape index (κ3) is 4.51. The summed E-state index contributed by atoms with van der Waals surface area (Å²) in [5.41, 5.74) is 1.28. The van der Waals surface area contributed by atoms with Crippen LogP contribution in [0.25, 0.3) is 0 Å². The summed E-state index contributed by atoms with van der Waals surface area (Å²) in [6.07, 6.45) is 8.85. The Bertz CT molecular complexity index is 651. The summed E-state index contributed by atoms with van der Waals surface area (Å²) in [5, 5.41) is 6.20. The number of aromatic nitrogens is 2. The molecule has 2 aromatic rings. The Balaban J connectivity index is 1.59. The molecule has 1 saturated carbocycles. The van der Waals surface area contributed by atoms with E-state index in [0.29, 0.717) is 11.5 Å². The van der Waals surface area contributed by atoms with Gasteiger partial charge in [-0.05, 0) is 37.1 Å². The van der Waals surface area contributed by atoms with Crippen molar-refractivity contribution in [2.24, 2.45) is 0 Å². The van der Waals surface area contributed by atoms with Gasteiger partial charge in [-0.2, -0.15) is 0 Å². The largest absolute Gasteiger partial charge is 0.348 e. The van der Waals surface area contributed by atoms with Crippen molar-refractivity contribution in [1.29, 1.82) is 0 Å². The Kier molecular flexibility index (Phi) is 5.23. The maximum Gasteiger partial charge on any atom is 0.271 e. The molecule has 0 unspecified atom stereocenters. The molecule has 1 aliphatic rings. The predicted molar refractivity (Wildman–Crippen MR) is 93.8 cm³/mol. The van der Waals surface area contributed by atoms with Gasteiger partial charge in [0, 0.05) is 16.2 Å². The Morgan fingerprint density at radius 2 is 1.78 bits per heavy atom. The molecule has 2 N–H and O–H groups in total. The number of amides is 1. The fourth-order valence-corrected chi connectivity index (χ4v) is 2.96. The summed E-state index contributed by atoms with van der Waals surface area (Å²) >= 11 is 3.40. The number of anilines is 2. The van der Waals surface area contributed by atoms with Gasteiger partial charge in [-0.1, -0.05) is 35.2 Å². The second-order valence-electron chi connectivity index (χ2n) is 5.73. The molecule has 0 spiro atoms. The van der Waals surface area contributed by atoms with Gasteiger partial charge in [0.2, 0.25) is 0 Å². The quantitative estimate of drug-likeness (QED) is 0.846. The second-order valence-corrected chi connectivity index (χ2v) is 6.64. The van der Waals surface area contributed by atoms with Crippen molar-refractivity contribution < 1.29 is 4.79 Å². The molecule has 1 aromatic carbocycles. The number of nitrogens with zero attached hydrogens (tertiary/aromatic N) is 2. The minimum absolute atomic E-state index is 0.139. The molecule has 6 heteroatoms. The van der Waals surface area contributed by atoms with Crippen molar-refractivity contribution in [3.05, 3.63) is 46.8 Å². The van der Waals surface area contributed by atoms with Gasteiger partial charge in [0.1, 0.15) is 11.5 Å². The Morgan fingerprint density at radius 1 is 1.04 bits per heavy atom. The summed E-state index contributed by atoms with van der Waals surface area (Å²) in [6, 6.07) is 8.05. The highest BCUT2D eigenvalue weighted by Gasteiger charge is 2.17. The number of benzene rings is 1. The lowest BCUT2D eigenvalue weighted by molar-refractivity contribution is 0.0922. The van der Waals surface area contributed by atoms with Gasteiger partial charge in [-0.3, -0.25) is 4.79 Å². The Labute approximate surface area is 144 Å². The SMILES string of the molecule is O=C(NC1CCCCC1)c1cnc(Nc2ccc(Br)cc2)cn1. The van der Waals surface area contributed by atoms with Gasteiger partial charge in [-0.25, -0.2) is 9.97 Å². The van der Waals surface area contributed by atoms with E-state index in [1.807, 2.05) is 24.3 Å². The van der Waals surface area contributed by atoms with E-state index in [2.05, 4.69) is 36.5 Å². The van der Waals surface area contributed by atoms with Gasteiger partial charge in [-0.15, -0.1) is 0 Å². The molecular formula is C17H19BrN4O. The van der Waals surface area contributed by atoms with Crippen LogP contribution < -0.4 is 10.6 Å². The van der Waals surface area contributed by atoms with Gasteiger partial charge in [0.15, 0.2) is 0 Å². The highest BCUT2D eigenvalue weighted by atomic mass is 79.9. The Hall–Kier alpha value is -1.95. The fraction of sp³-hybridized carbons (Fsp3) is 0.353. The summed E-state index contributed by atoms with van der Waals surface area (Å²) in [6.45, 7) is 0. The molecular weight excluding hydrogens is 356 g/mol. The van der Waals surface area contributed by atoms with Crippen LogP contribution in [-0.4, -0.2) is 21.9 Å². The average Bonchev–Trinajstić information content (AvgIpc) is 2.58. The third-order valence-corrected chi connectivity index (χ3v) is 4.47. The van der Waals surface area contributed by atoms with Gasteiger partial charge in [0.05, 0.1) is 12.4 Å². The van der Waals surface area contributed by atoms with E-state index in [9.17, 15) is 4.79 Å². The third-order valence-electron chi connectivity index (χ3n) is 3.94.